The maximum Gasteiger partial charge on any atom is 0.128 e. The first kappa shape index (κ1) is 9.95. The summed E-state index contributed by atoms with van der Waals surface area (Å²) in [5.41, 5.74) is 0. The molecule has 1 aromatic rings. The van der Waals surface area contributed by atoms with Crippen molar-refractivity contribution in [1.29, 1.82) is 0 Å². The summed E-state index contributed by atoms with van der Waals surface area (Å²) < 4.78 is 0. The molecule has 1 aromatic heterocycles. The first-order valence-corrected chi connectivity index (χ1v) is 4.26. The third kappa shape index (κ3) is 3.01. The van der Waals surface area contributed by atoms with E-state index in [1.165, 1.54) is 0 Å². The van der Waals surface area contributed by atoms with Crippen LogP contribution in [0.5, 0.6) is 0 Å². The molecule has 13 heavy (non-hydrogen) atoms. The topological polar surface area (TPSA) is 56.6 Å². The lowest BCUT2D eigenvalue weighted by molar-refractivity contribution is 0.280. The number of aliphatic hydroxyl groups is 2. The standard InChI is InChI=1S/C9H14N2O2/c12-7-5-11(6-8-13)9-3-1-2-4-10-9/h1-4,12-13H,5-8H2. The van der Waals surface area contributed by atoms with Crippen molar-refractivity contribution in [1.82, 2.24) is 4.98 Å². The van der Waals surface area contributed by atoms with Crippen molar-refractivity contribution >= 4 is 5.82 Å². The van der Waals surface area contributed by atoms with Crippen molar-refractivity contribution in [2.75, 3.05) is 31.2 Å². The normalized spacial score (nSPS) is 10.0. The van der Waals surface area contributed by atoms with Gasteiger partial charge in [-0.05, 0) is 12.1 Å². The Morgan fingerprint density at radius 3 is 2.31 bits per heavy atom. The van der Waals surface area contributed by atoms with Crippen molar-refractivity contribution < 1.29 is 10.2 Å². The molecule has 0 aliphatic heterocycles. The largest absolute Gasteiger partial charge is 0.395 e. The summed E-state index contributed by atoms with van der Waals surface area (Å²) in [6.45, 7) is 1.13. The van der Waals surface area contributed by atoms with Gasteiger partial charge in [0.05, 0.1) is 13.2 Å². The van der Waals surface area contributed by atoms with E-state index in [9.17, 15) is 0 Å². The summed E-state index contributed by atoms with van der Waals surface area (Å²) in [5, 5.41) is 17.5. The predicted octanol–water partition coefficient (Wildman–Crippen LogP) is -0.127. The Hall–Kier alpha value is -1.13. The van der Waals surface area contributed by atoms with Crippen molar-refractivity contribution in [3.8, 4) is 0 Å². The van der Waals surface area contributed by atoms with Crippen LogP contribution in [-0.4, -0.2) is 41.5 Å². The fourth-order valence-corrected chi connectivity index (χ4v) is 1.12. The summed E-state index contributed by atoms with van der Waals surface area (Å²) in [6, 6.07) is 5.56. The van der Waals surface area contributed by atoms with Gasteiger partial charge in [0.15, 0.2) is 0 Å². The predicted molar refractivity (Wildman–Crippen MR) is 50.6 cm³/mol. The van der Waals surface area contributed by atoms with Crippen molar-refractivity contribution in [2.24, 2.45) is 0 Å². The number of hydrogen-bond donors (Lipinski definition) is 2. The Balaban J connectivity index is 2.64. The third-order valence-corrected chi connectivity index (χ3v) is 1.71. The zero-order valence-electron chi connectivity index (χ0n) is 7.43. The van der Waals surface area contributed by atoms with E-state index in [2.05, 4.69) is 4.98 Å². The molecule has 0 fully saturated rings. The van der Waals surface area contributed by atoms with Crippen LogP contribution in [0.3, 0.4) is 0 Å². The lowest BCUT2D eigenvalue weighted by Crippen LogP contribution is -2.30. The average Bonchev–Trinajstić information content (AvgIpc) is 2.19. The lowest BCUT2D eigenvalue weighted by atomic mass is 10.4. The Morgan fingerprint density at radius 2 is 1.85 bits per heavy atom. The van der Waals surface area contributed by atoms with Gasteiger partial charge in [0.2, 0.25) is 0 Å². The zero-order chi connectivity index (χ0) is 9.52. The molecular weight excluding hydrogens is 168 g/mol. The Morgan fingerprint density at radius 1 is 1.15 bits per heavy atom. The number of rotatable bonds is 5. The van der Waals surface area contributed by atoms with E-state index in [0.29, 0.717) is 13.1 Å². The Bertz CT molecular complexity index is 222. The van der Waals surface area contributed by atoms with Gasteiger partial charge in [-0.15, -0.1) is 0 Å². The maximum absolute atomic E-state index is 8.77. The molecule has 1 rings (SSSR count). The third-order valence-electron chi connectivity index (χ3n) is 1.71. The molecule has 0 atom stereocenters. The van der Waals surface area contributed by atoms with Crippen LogP contribution in [0.15, 0.2) is 24.4 Å². The van der Waals surface area contributed by atoms with Crippen LogP contribution < -0.4 is 4.90 Å². The highest BCUT2D eigenvalue weighted by Gasteiger charge is 2.04. The SMILES string of the molecule is OCCN(CCO)c1ccccn1. The van der Waals surface area contributed by atoms with Crippen LogP contribution in [-0.2, 0) is 0 Å². The van der Waals surface area contributed by atoms with E-state index in [0.717, 1.165) is 5.82 Å². The summed E-state index contributed by atoms with van der Waals surface area (Å²) >= 11 is 0. The molecule has 2 N–H and O–H groups in total. The van der Waals surface area contributed by atoms with E-state index in [1.807, 2.05) is 23.1 Å². The van der Waals surface area contributed by atoms with E-state index >= 15 is 0 Å². The molecule has 0 amide bonds. The smallest absolute Gasteiger partial charge is 0.128 e. The molecule has 0 saturated carbocycles. The van der Waals surface area contributed by atoms with Crippen molar-refractivity contribution in [2.45, 2.75) is 0 Å². The maximum atomic E-state index is 8.77. The van der Waals surface area contributed by atoms with Gasteiger partial charge in [0.1, 0.15) is 5.82 Å². The summed E-state index contributed by atoms with van der Waals surface area (Å²) in [7, 11) is 0. The number of hydrogen-bond acceptors (Lipinski definition) is 4. The average molecular weight is 182 g/mol. The highest BCUT2D eigenvalue weighted by atomic mass is 16.3. The van der Waals surface area contributed by atoms with Gasteiger partial charge < -0.3 is 15.1 Å². The van der Waals surface area contributed by atoms with E-state index < -0.39 is 0 Å². The summed E-state index contributed by atoms with van der Waals surface area (Å²) in [6.07, 6.45) is 1.69. The van der Waals surface area contributed by atoms with Crippen LogP contribution in [0.25, 0.3) is 0 Å². The zero-order valence-corrected chi connectivity index (χ0v) is 7.43. The fraction of sp³-hybridized carbons (Fsp3) is 0.444. The molecule has 0 aromatic carbocycles. The van der Waals surface area contributed by atoms with E-state index in [-0.39, 0.29) is 13.2 Å². The molecule has 0 saturated heterocycles. The number of aliphatic hydroxyl groups excluding tert-OH is 2. The van der Waals surface area contributed by atoms with Crippen molar-refractivity contribution in [3.05, 3.63) is 24.4 Å². The van der Waals surface area contributed by atoms with E-state index in [1.54, 1.807) is 6.20 Å². The molecular formula is C9H14N2O2. The summed E-state index contributed by atoms with van der Waals surface area (Å²) in [4.78, 5) is 5.95. The summed E-state index contributed by atoms with van der Waals surface area (Å²) in [5.74, 6) is 0.783. The van der Waals surface area contributed by atoms with Gasteiger partial charge in [-0.2, -0.15) is 0 Å². The van der Waals surface area contributed by atoms with Gasteiger partial charge in [0, 0.05) is 19.3 Å². The molecule has 0 aliphatic carbocycles. The first-order valence-electron chi connectivity index (χ1n) is 4.26. The lowest BCUT2D eigenvalue weighted by Gasteiger charge is -2.21. The second-order valence-corrected chi connectivity index (χ2v) is 2.62. The molecule has 4 nitrogen and oxygen atoms in total. The van der Waals surface area contributed by atoms with Gasteiger partial charge in [-0.3, -0.25) is 0 Å². The Labute approximate surface area is 77.5 Å². The van der Waals surface area contributed by atoms with Crippen LogP contribution in [0.4, 0.5) is 5.82 Å². The minimum absolute atomic E-state index is 0.0660. The number of aromatic nitrogens is 1. The minimum Gasteiger partial charge on any atom is -0.395 e. The van der Waals surface area contributed by atoms with Gasteiger partial charge in [-0.25, -0.2) is 4.98 Å². The molecule has 0 radical (unpaired) electrons. The molecule has 1 heterocycles. The molecule has 72 valence electrons. The first-order chi connectivity index (χ1) is 6.38. The molecule has 4 heteroatoms. The second-order valence-electron chi connectivity index (χ2n) is 2.62. The van der Waals surface area contributed by atoms with Crippen molar-refractivity contribution in [3.63, 3.8) is 0 Å². The molecule has 0 unspecified atom stereocenters. The van der Waals surface area contributed by atoms with Crippen LogP contribution >= 0.6 is 0 Å². The molecule has 0 bridgehead atoms. The second kappa shape index (κ2) is 5.50. The van der Waals surface area contributed by atoms with Crippen LogP contribution in [0.2, 0.25) is 0 Å². The minimum atomic E-state index is 0.0660. The van der Waals surface area contributed by atoms with Crippen LogP contribution in [0, 0.1) is 0 Å². The van der Waals surface area contributed by atoms with Crippen LogP contribution in [0.1, 0.15) is 0 Å². The Kier molecular flexibility index (Phi) is 4.21. The van der Waals surface area contributed by atoms with Gasteiger partial charge >= 0.3 is 0 Å². The van der Waals surface area contributed by atoms with Gasteiger partial charge in [-0.1, -0.05) is 6.07 Å². The highest BCUT2D eigenvalue weighted by Crippen LogP contribution is 2.07. The molecule has 0 aliphatic rings. The number of nitrogens with zero attached hydrogens (tertiary/aromatic N) is 2. The quantitative estimate of drug-likeness (QED) is 0.666. The highest BCUT2D eigenvalue weighted by molar-refractivity contribution is 5.37. The molecule has 0 spiro atoms. The van der Waals surface area contributed by atoms with E-state index in [4.69, 9.17) is 10.2 Å². The fourth-order valence-electron chi connectivity index (χ4n) is 1.12. The number of anilines is 1. The monoisotopic (exact) mass is 182 g/mol. The number of pyridine rings is 1. The van der Waals surface area contributed by atoms with Gasteiger partial charge in [0.25, 0.3) is 0 Å².